The molecule has 1 fully saturated rings. The molecular formula is C13H11NO3S. The highest BCUT2D eigenvalue weighted by Gasteiger charge is 2.20. The lowest BCUT2D eigenvalue weighted by Gasteiger charge is -2.24. The Morgan fingerprint density at radius 3 is 2.83 bits per heavy atom. The number of nitrogens with zero attached hydrogens (tertiary/aromatic N) is 1. The first-order chi connectivity index (χ1) is 8.74. The molecule has 1 aromatic carbocycles. The van der Waals surface area contributed by atoms with E-state index in [0.717, 1.165) is 23.8 Å². The van der Waals surface area contributed by atoms with Gasteiger partial charge in [-0.15, -0.1) is 0 Å². The summed E-state index contributed by atoms with van der Waals surface area (Å²) in [5.74, 6) is -0.921. The number of benzene rings is 1. The minimum atomic E-state index is -0.921. The maximum absolute atomic E-state index is 11.1. The van der Waals surface area contributed by atoms with Crippen LogP contribution in [-0.4, -0.2) is 34.5 Å². The highest BCUT2D eigenvalue weighted by molar-refractivity contribution is 8.00. The van der Waals surface area contributed by atoms with Crippen molar-refractivity contribution in [3.05, 3.63) is 35.9 Å². The van der Waals surface area contributed by atoms with E-state index < -0.39 is 5.97 Å². The molecule has 0 bridgehead atoms. The lowest BCUT2D eigenvalue weighted by Crippen LogP contribution is -2.30. The number of pyridine rings is 1. The van der Waals surface area contributed by atoms with Crippen molar-refractivity contribution in [3.63, 3.8) is 0 Å². The number of rotatable bonds is 3. The molecule has 18 heavy (non-hydrogen) atoms. The minimum Gasteiger partial charge on any atom is -0.478 e. The molecule has 1 saturated heterocycles. The second-order valence-corrected chi connectivity index (χ2v) is 5.42. The molecule has 4 nitrogen and oxygen atoms in total. The zero-order chi connectivity index (χ0) is 12.5. The van der Waals surface area contributed by atoms with Crippen molar-refractivity contribution in [2.75, 3.05) is 13.2 Å². The summed E-state index contributed by atoms with van der Waals surface area (Å²) >= 11 is 1.68. The molecule has 92 valence electrons. The molecule has 5 heteroatoms. The van der Waals surface area contributed by atoms with Crippen LogP contribution in [0, 0.1) is 0 Å². The number of ether oxygens (including phenoxy) is 1. The van der Waals surface area contributed by atoms with E-state index in [1.165, 1.54) is 0 Å². The van der Waals surface area contributed by atoms with Crippen LogP contribution in [0.1, 0.15) is 10.4 Å². The number of thioether (sulfide) groups is 1. The summed E-state index contributed by atoms with van der Waals surface area (Å²) in [5.41, 5.74) is 1.02. The van der Waals surface area contributed by atoms with Crippen molar-refractivity contribution in [3.8, 4) is 0 Å². The molecule has 3 rings (SSSR count). The van der Waals surface area contributed by atoms with Crippen LogP contribution in [0.2, 0.25) is 0 Å². The van der Waals surface area contributed by atoms with Gasteiger partial charge < -0.3 is 9.84 Å². The van der Waals surface area contributed by atoms with Gasteiger partial charge in [-0.1, -0.05) is 17.8 Å². The van der Waals surface area contributed by atoms with Gasteiger partial charge in [0.05, 0.1) is 34.6 Å². The molecule has 2 heterocycles. The summed E-state index contributed by atoms with van der Waals surface area (Å²) in [5, 5.41) is 11.2. The molecule has 0 atom stereocenters. The molecule has 1 aliphatic heterocycles. The number of carboxylic acids is 1. The van der Waals surface area contributed by atoms with Gasteiger partial charge in [0, 0.05) is 5.39 Å². The average Bonchev–Trinajstić information content (AvgIpc) is 2.32. The number of carboxylic acid groups (broad SMARTS) is 1. The summed E-state index contributed by atoms with van der Waals surface area (Å²) in [6, 6.07) is 8.85. The minimum absolute atomic E-state index is 0.295. The molecule has 1 aliphatic rings. The largest absolute Gasteiger partial charge is 0.478 e. The fourth-order valence-corrected chi connectivity index (χ4v) is 2.81. The Balaban J connectivity index is 1.99. The van der Waals surface area contributed by atoms with Gasteiger partial charge in [-0.05, 0) is 24.3 Å². The number of carbonyl (C=O) groups is 1. The van der Waals surface area contributed by atoms with E-state index in [4.69, 9.17) is 9.84 Å². The average molecular weight is 261 g/mol. The van der Waals surface area contributed by atoms with Crippen molar-refractivity contribution in [2.45, 2.75) is 10.3 Å². The molecule has 0 radical (unpaired) electrons. The monoisotopic (exact) mass is 261 g/mol. The third-order valence-electron chi connectivity index (χ3n) is 2.83. The van der Waals surface area contributed by atoms with E-state index >= 15 is 0 Å². The first-order valence-electron chi connectivity index (χ1n) is 5.61. The predicted molar refractivity (Wildman–Crippen MR) is 69.2 cm³/mol. The van der Waals surface area contributed by atoms with E-state index in [1.807, 2.05) is 18.2 Å². The molecule has 1 N–H and O–H groups in total. The summed E-state index contributed by atoms with van der Waals surface area (Å²) in [7, 11) is 0. The van der Waals surface area contributed by atoms with Gasteiger partial charge in [-0.2, -0.15) is 0 Å². The van der Waals surface area contributed by atoms with Gasteiger partial charge in [-0.3, -0.25) is 0 Å². The molecule has 0 unspecified atom stereocenters. The van der Waals surface area contributed by atoms with Gasteiger partial charge >= 0.3 is 5.97 Å². The first kappa shape index (κ1) is 11.5. The normalized spacial score (nSPS) is 15.6. The standard InChI is InChI=1S/C13H11NO3S/c15-13(16)10-2-1-3-11-9(10)4-5-12(14-11)18-8-6-17-7-8/h1-5,8H,6-7H2,(H,15,16). The van der Waals surface area contributed by atoms with E-state index in [0.29, 0.717) is 16.2 Å². The smallest absolute Gasteiger partial charge is 0.336 e. The van der Waals surface area contributed by atoms with Crippen molar-refractivity contribution >= 4 is 28.6 Å². The van der Waals surface area contributed by atoms with Gasteiger partial charge in [0.15, 0.2) is 0 Å². The van der Waals surface area contributed by atoms with Crippen LogP contribution in [0.5, 0.6) is 0 Å². The molecule has 0 amide bonds. The maximum Gasteiger partial charge on any atom is 0.336 e. The Hall–Kier alpha value is -1.59. The number of aromatic nitrogens is 1. The van der Waals surface area contributed by atoms with Gasteiger partial charge in [0.2, 0.25) is 0 Å². The molecule has 0 aliphatic carbocycles. The van der Waals surface area contributed by atoms with Crippen LogP contribution in [-0.2, 0) is 4.74 Å². The second kappa shape index (κ2) is 4.59. The summed E-state index contributed by atoms with van der Waals surface area (Å²) < 4.78 is 5.12. The number of aromatic carboxylic acids is 1. The number of fused-ring (bicyclic) bond motifs is 1. The lowest BCUT2D eigenvalue weighted by atomic mass is 10.1. The zero-order valence-electron chi connectivity index (χ0n) is 9.50. The van der Waals surface area contributed by atoms with Gasteiger partial charge in [0.25, 0.3) is 0 Å². The lowest BCUT2D eigenvalue weighted by molar-refractivity contribution is 0.0455. The van der Waals surface area contributed by atoms with Crippen LogP contribution >= 0.6 is 11.8 Å². The van der Waals surface area contributed by atoms with Crippen LogP contribution in [0.25, 0.3) is 10.9 Å². The van der Waals surface area contributed by atoms with Crippen molar-refractivity contribution in [1.29, 1.82) is 0 Å². The van der Waals surface area contributed by atoms with Crippen LogP contribution in [0.3, 0.4) is 0 Å². The summed E-state index contributed by atoms with van der Waals surface area (Å²) in [6.45, 7) is 1.53. The zero-order valence-corrected chi connectivity index (χ0v) is 10.3. The Labute approximate surface area is 108 Å². The van der Waals surface area contributed by atoms with Crippen molar-refractivity contribution in [2.24, 2.45) is 0 Å². The van der Waals surface area contributed by atoms with E-state index in [1.54, 1.807) is 23.9 Å². The Morgan fingerprint density at radius 1 is 1.33 bits per heavy atom. The Bertz CT molecular complexity index is 610. The molecule has 0 spiro atoms. The molecule has 1 aromatic heterocycles. The van der Waals surface area contributed by atoms with Gasteiger partial charge in [-0.25, -0.2) is 9.78 Å². The van der Waals surface area contributed by atoms with Crippen LogP contribution in [0.4, 0.5) is 0 Å². The van der Waals surface area contributed by atoms with Crippen molar-refractivity contribution in [1.82, 2.24) is 4.98 Å². The highest BCUT2D eigenvalue weighted by Crippen LogP contribution is 2.28. The van der Waals surface area contributed by atoms with Crippen molar-refractivity contribution < 1.29 is 14.6 Å². The second-order valence-electron chi connectivity index (χ2n) is 4.10. The third-order valence-corrected chi connectivity index (χ3v) is 3.91. The fraction of sp³-hybridized carbons (Fsp3) is 0.231. The Kier molecular flexibility index (Phi) is 2.93. The predicted octanol–water partition coefficient (Wildman–Crippen LogP) is 2.42. The molecule has 2 aromatic rings. The van der Waals surface area contributed by atoms with E-state index in [9.17, 15) is 4.79 Å². The number of hydrogen-bond acceptors (Lipinski definition) is 4. The van der Waals surface area contributed by atoms with E-state index in [2.05, 4.69) is 4.98 Å². The first-order valence-corrected chi connectivity index (χ1v) is 6.49. The van der Waals surface area contributed by atoms with Crippen LogP contribution < -0.4 is 0 Å². The summed E-state index contributed by atoms with van der Waals surface area (Å²) in [6.07, 6.45) is 0. The quantitative estimate of drug-likeness (QED) is 0.919. The topological polar surface area (TPSA) is 59.4 Å². The number of hydrogen-bond donors (Lipinski definition) is 1. The fourth-order valence-electron chi connectivity index (χ4n) is 1.84. The highest BCUT2D eigenvalue weighted by atomic mass is 32.2. The van der Waals surface area contributed by atoms with E-state index in [-0.39, 0.29) is 0 Å². The maximum atomic E-state index is 11.1. The third kappa shape index (κ3) is 2.07. The molecule has 0 saturated carbocycles. The summed E-state index contributed by atoms with van der Waals surface area (Å²) in [4.78, 5) is 15.6. The van der Waals surface area contributed by atoms with Gasteiger partial charge in [0.1, 0.15) is 0 Å². The molecular weight excluding hydrogens is 250 g/mol. The van der Waals surface area contributed by atoms with Crippen LogP contribution in [0.15, 0.2) is 35.4 Å². The Morgan fingerprint density at radius 2 is 2.17 bits per heavy atom. The SMILES string of the molecule is O=C(O)c1cccc2nc(SC3COC3)ccc12.